The predicted molar refractivity (Wildman–Crippen MR) is 47.8 cm³/mol. The minimum absolute atomic E-state index is 0.0806. The van der Waals surface area contributed by atoms with Crippen LogP contribution in [0, 0.1) is 6.92 Å². The highest BCUT2D eigenvalue weighted by Crippen LogP contribution is 2.05. The molecule has 0 aliphatic heterocycles. The molecule has 0 fully saturated rings. The van der Waals surface area contributed by atoms with E-state index in [1.807, 2.05) is 0 Å². The molecule has 0 saturated heterocycles. The SMILES string of the molecule is Cc1cc(C(N)CN)c[nH]c1=O. The van der Waals surface area contributed by atoms with E-state index >= 15 is 0 Å². The standard InChI is InChI=1S/C8H13N3O/c1-5-2-6(7(10)3-9)4-11-8(5)12/h2,4,7H,3,9-10H2,1H3,(H,11,12). The van der Waals surface area contributed by atoms with Crippen LogP contribution >= 0.6 is 0 Å². The number of pyridine rings is 1. The van der Waals surface area contributed by atoms with Gasteiger partial charge in [0.15, 0.2) is 0 Å². The van der Waals surface area contributed by atoms with Crippen LogP contribution in [0.2, 0.25) is 0 Å². The maximum absolute atomic E-state index is 11.0. The summed E-state index contributed by atoms with van der Waals surface area (Å²) in [6, 6.07) is 1.57. The van der Waals surface area contributed by atoms with Crippen molar-refractivity contribution in [2.75, 3.05) is 6.54 Å². The molecule has 0 radical (unpaired) electrons. The first-order chi connectivity index (χ1) is 5.65. The van der Waals surface area contributed by atoms with Gasteiger partial charge in [0.1, 0.15) is 0 Å². The van der Waals surface area contributed by atoms with Crippen molar-refractivity contribution in [2.45, 2.75) is 13.0 Å². The molecule has 0 spiro atoms. The molecule has 0 aliphatic carbocycles. The molecule has 4 heteroatoms. The van der Waals surface area contributed by atoms with E-state index in [1.165, 1.54) is 0 Å². The third-order valence-electron chi connectivity index (χ3n) is 1.79. The highest BCUT2D eigenvalue weighted by Gasteiger charge is 2.04. The van der Waals surface area contributed by atoms with Crippen molar-refractivity contribution in [3.8, 4) is 0 Å². The van der Waals surface area contributed by atoms with Crippen LogP contribution in [0.3, 0.4) is 0 Å². The number of hydrogen-bond acceptors (Lipinski definition) is 3. The normalized spacial score (nSPS) is 12.9. The van der Waals surface area contributed by atoms with Gasteiger partial charge in [0.05, 0.1) is 0 Å². The van der Waals surface area contributed by atoms with Gasteiger partial charge in [-0.25, -0.2) is 0 Å². The smallest absolute Gasteiger partial charge is 0.250 e. The van der Waals surface area contributed by atoms with Crippen LogP contribution in [0.4, 0.5) is 0 Å². The number of hydrogen-bond donors (Lipinski definition) is 3. The Bertz CT molecular complexity index is 318. The van der Waals surface area contributed by atoms with Gasteiger partial charge in [-0.1, -0.05) is 0 Å². The molecule has 5 N–H and O–H groups in total. The second kappa shape index (κ2) is 3.51. The Balaban J connectivity index is 3.04. The molecule has 1 unspecified atom stereocenters. The van der Waals surface area contributed by atoms with E-state index in [9.17, 15) is 4.79 Å². The van der Waals surface area contributed by atoms with Gasteiger partial charge in [0.25, 0.3) is 5.56 Å². The highest BCUT2D eigenvalue weighted by molar-refractivity contribution is 5.20. The monoisotopic (exact) mass is 167 g/mol. The van der Waals surface area contributed by atoms with Crippen molar-refractivity contribution in [2.24, 2.45) is 11.5 Å². The average molecular weight is 167 g/mol. The summed E-state index contributed by atoms with van der Waals surface area (Å²) in [5.74, 6) is 0. The lowest BCUT2D eigenvalue weighted by Gasteiger charge is -2.08. The zero-order valence-corrected chi connectivity index (χ0v) is 7.00. The predicted octanol–water partition coefficient (Wildman–Crippen LogP) is -0.358. The minimum atomic E-state index is -0.194. The third-order valence-corrected chi connectivity index (χ3v) is 1.79. The number of nitrogens with one attached hydrogen (secondary N) is 1. The molecule has 0 bridgehead atoms. The Morgan fingerprint density at radius 2 is 2.33 bits per heavy atom. The summed E-state index contributed by atoms with van der Waals surface area (Å²) in [6.45, 7) is 2.12. The molecule has 0 aromatic carbocycles. The maximum Gasteiger partial charge on any atom is 0.250 e. The van der Waals surface area contributed by atoms with Gasteiger partial charge < -0.3 is 16.5 Å². The summed E-state index contributed by atoms with van der Waals surface area (Å²) in [4.78, 5) is 13.5. The number of aromatic amines is 1. The molecular formula is C8H13N3O. The second-order valence-corrected chi connectivity index (χ2v) is 2.79. The van der Waals surface area contributed by atoms with E-state index in [0.717, 1.165) is 5.56 Å². The number of aryl methyl sites for hydroxylation is 1. The Kier molecular flexibility index (Phi) is 2.62. The summed E-state index contributed by atoms with van der Waals surface area (Å²) >= 11 is 0. The zero-order chi connectivity index (χ0) is 9.14. The Hall–Kier alpha value is -1.13. The van der Waals surface area contributed by atoms with Crippen LogP contribution in [0.15, 0.2) is 17.1 Å². The summed E-state index contributed by atoms with van der Waals surface area (Å²) in [5.41, 5.74) is 12.5. The van der Waals surface area contributed by atoms with E-state index in [-0.39, 0.29) is 11.6 Å². The van der Waals surface area contributed by atoms with Crippen molar-refractivity contribution in [1.29, 1.82) is 0 Å². The summed E-state index contributed by atoms with van der Waals surface area (Å²) in [6.07, 6.45) is 1.60. The average Bonchev–Trinajstić information content (AvgIpc) is 2.08. The Labute approximate surface area is 70.6 Å². The van der Waals surface area contributed by atoms with Gasteiger partial charge >= 0.3 is 0 Å². The molecule has 1 atom stereocenters. The first-order valence-corrected chi connectivity index (χ1v) is 3.80. The van der Waals surface area contributed by atoms with Crippen molar-refractivity contribution in [1.82, 2.24) is 4.98 Å². The molecule has 66 valence electrons. The zero-order valence-electron chi connectivity index (χ0n) is 7.00. The number of nitrogens with two attached hydrogens (primary N) is 2. The van der Waals surface area contributed by atoms with E-state index in [1.54, 1.807) is 19.2 Å². The van der Waals surface area contributed by atoms with E-state index in [4.69, 9.17) is 11.5 Å². The molecule has 0 amide bonds. The topological polar surface area (TPSA) is 84.9 Å². The van der Waals surface area contributed by atoms with E-state index in [0.29, 0.717) is 12.1 Å². The molecule has 1 aromatic heterocycles. The lowest BCUT2D eigenvalue weighted by molar-refractivity contribution is 0.731. The fraction of sp³-hybridized carbons (Fsp3) is 0.375. The molecule has 1 aromatic rings. The van der Waals surface area contributed by atoms with Crippen molar-refractivity contribution in [3.63, 3.8) is 0 Å². The first kappa shape index (κ1) is 8.96. The van der Waals surface area contributed by atoms with E-state index < -0.39 is 0 Å². The molecule has 0 saturated carbocycles. The molecule has 12 heavy (non-hydrogen) atoms. The molecule has 1 heterocycles. The lowest BCUT2D eigenvalue weighted by atomic mass is 10.1. The largest absolute Gasteiger partial charge is 0.329 e. The Morgan fingerprint density at radius 1 is 1.67 bits per heavy atom. The van der Waals surface area contributed by atoms with Gasteiger partial charge in [0, 0.05) is 24.3 Å². The highest BCUT2D eigenvalue weighted by atomic mass is 16.1. The quantitative estimate of drug-likeness (QED) is 0.562. The number of H-pyrrole nitrogens is 1. The van der Waals surface area contributed by atoms with Crippen LogP contribution in [-0.4, -0.2) is 11.5 Å². The molecular weight excluding hydrogens is 154 g/mol. The fourth-order valence-corrected chi connectivity index (χ4v) is 0.970. The summed E-state index contributed by atoms with van der Waals surface area (Å²) in [7, 11) is 0. The van der Waals surface area contributed by atoms with Gasteiger partial charge in [-0.15, -0.1) is 0 Å². The van der Waals surface area contributed by atoms with Gasteiger partial charge in [-0.2, -0.15) is 0 Å². The van der Waals surface area contributed by atoms with Crippen molar-refractivity contribution >= 4 is 0 Å². The lowest BCUT2D eigenvalue weighted by Crippen LogP contribution is -2.22. The van der Waals surface area contributed by atoms with Crippen LogP contribution in [0.5, 0.6) is 0 Å². The van der Waals surface area contributed by atoms with Crippen LogP contribution < -0.4 is 17.0 Å². The molecule has 4 nitrogen and oxygen atoms in total. The van der Waals surface area contributed by atoms with Crippen LogP contribution in [0.25, 0.3) is 0 Å². The van der Waals surface area contributed by atoms with Gasteiger partial charge in [-0.3, -0.25) is 4.79 Å². The maximum atomic E-state index is 11.0. The minimum Gasteiger partial charge on any atom is -0.329 e. The van der Waals surface area contributed by atoms with Crippen LogP contribution in [0.1, 0.15) is 17.2 Å². The Morgan fingerprint density at radius 3 is 2.83 bits per heavy atom. The van der Waals surface area contributed by atoms with Crippen molar-refractivity contribution in [3.05, 3.63) is 33.7 Å². The number of rotatable bonds is 2. The second-order valence-electron chi connectivity index (χ2n) is 2.79. The van der Waals surface area contributed by atoms with Gasteiger partial charge in [-0.05, 0) is 18.6 Å². The summed E-state index contributed by atoms with van der Waals surface area (Å²) < 4.78 is 0. The fourth-order valence-electron chi connectivity index (χ4n) is 0.970. The molecule has 1 rings (SSSR count). The third kappa shape index (κ3) is 1.72. The van der Waals surface area contributed by atoms with Crippen LogP contribution in [-0.2, 0) is 0 Å². The molecule has 0 aliphatic rings. The number of aromatic nitrogens is 1. The van der Waals surface area contributed by atoms with Crippen molar-refractivity contribution < 1.29 is 0 Å². The summed E-state index contributed by atoms with van der Waals surface area (Å²) in [5, 5.41) is 0. The first-order valence-electron chi connectivity index (χ1n) is 3.80. The van der Waals surface area contributed by atoms with E-state index in [2.05, 4.69) is 4.98 Å². The van der Waals surface area contributed by atoms with Gasteiger partial charge in [0.2, 0.25) is 0 Å².